The lowest BCUT2D eigenvalue weighted by Crippen LogP contribution is -2.13. The molecule has 0 saturated carbocycles. The number of hydrogen-bond donors (Lipinski definition) is 3. The maximum Gasteiger partial charge on any atom is 0.238 e. The highest BCUT2D eigenvalue weighted by Crippen LogP contribution is 2.16. The molecule has 4 N–H and O–H groups in total. The summed E-state index contributed by atoms with van der Waals surface area (Å²) in [6.07, 6.45) is -0.630. The fourth-order valence-electron chi connectivity index (χ4n) is 1.77. The number of aliphatic hydroxyl groups is 1. The maximum absolute atomic E-state index is 11.1. The third kappa shape index (κ3) is 3.80. The van der Waals surface area contributed by atoms with Gasteiger partial charge in [0.15, 0.2) is 0 Å². The van der Waals surface area contributed by atoms with E-state index in [1.807, 2.05) is 30.3 Å². The van der Waals surface area contributed by atoms with Crippen LogP contribution in [0, 0.1) is 0 Å². The van der Waals surface area contributed by atoms with Crippen molar-refractivity contribution in [2.45, 2.75) is 11.0 Å². The molecule has 0 saturated heterocycles. The SMILES string of the molecule is NS(=O)(=O)c1ccc(NCC(O)c2ccccc2)cc1. The highest BCUT2D eigenvalue weighted by atomic mass is 32.2. The molecule has 1 unspecified atom stereocenters. The molecule has 1 atom stereocenters. The van der Waals surface area contributed by atoms with E-state index in [4.69, 9.17) is 5.14 Å². The lowest BCUT2D eigenvalue weighted by atomic mass is 10.1. The number of primary sulfonamides is 1. The number of benzene rings is 2. The Morgan fingerprint density at radius 3 is 2.20 bits per heavy atom. The first-order chi connectivity index (χ1) is 9.47. The van der Waals surface area contributed by atoms with Gasteiger partial charge in [-0.2, -0.15) is 0 Å². The summed E-state index contributed by atoms with van der Waals surface area (Å²) in [6.45, 7) is 0.332. The van der Waals surface area contributed by atoms with Crippen molar-refractivity contribution in [3.63, 3.8) is 0 Å². The van der Waals surface area contributed by atoms with Crippen LogP contribution in [0.1, 0.15) is 11.7 Å². The van der Waals surface area contributed by atoms with Crippen molar-refractivity contribution in [1.29, 1.82) is 0 Å². The van der Waals surface area contributed by atoms with E-state index in [2.05, 4.69) is 5.32 Å². The van der Waals surface area contributed by atoms with Crippen LogP contribution < -0.4 is 10.5 Å². The minimum Gasteiger partial charge on any atom is -0.387 e. The Balaban J connectivity index is 1.98. The Hall–Kier alpha value is -1.89. The number of sulfonamides is 1. The summed E-state index contributed by atoms with van der Waals surface area (Å²) in [4.78, 5) is 0.0617. The molecule has 0 aromatic heterocycles. The second kappa shape index (κ2) is 6.04. The van der Waals surface area contributed by atoms with Crippen molar-refractivity contribution < 1.29 is 13.5 Å². The van der Waals surface area contributed by atoms with Crippen LogP contribution >= 0.6 is 0 Å². The van der Waals surface area contributed by atoms with Crippen LogP contribution in [0.25, 0.3) is 0 Å². The predicted octanol–water partition coefficient (Wildman–Crippen LogP) is 1.48. The zero-order valence-corrected chi connectivity index (χ0v) is 11.5. The molecular weight excluding hydrogens is 276 g/mol. The van der Waals surface area contributed by atoms with Crippen LogP contribution in [0.5, 0.6) is 0 Å². The molecular formula is C14H16N2O3S. The molecule has 2 rings (SSSR count). The molecule has 2 aromatic carbocycles. The Labute approximate surface area is 118 Å². The molecule has 0 aliphatic carbocycles. The number of nitrogens with one attached hydrogen (secondary N) is 1. The standard InChI is InChI=1S/C14H16N2O3S/c15-20(18,19)13-8-6-12(7-9-13)16-10-14(17)11-4-2-1-3-5-11/h1-9,14,16-17H,10H2,(H2,15,18,19). The van der Waals surface area contributed by atoms with Gasteiger partial charge >= 0.3 is 0 Å². The molecule has 0 spiro atoms. The first-order valence-electron chi connectivity index (χ1n) is 6.06. The Bertz CT molecular complexity index is 655. The first kappa shape index (κ1) is 14.5. The summed E-state index contributed by atoms with van der Waals surface area (Å²) in [5.74, 6) is 0. The smallest absolute Gasteiger partial charge is 0.238 e. The fraction of sp³-hybridized carbons (Fsp3) is 0.143. The highest BCUT2D eigenvalue weighted by molar-refractivity contribution is 7.89. The minimum atomic E-state index is -3.67. The highest BCUT2D eigenvalue weighted by Gasteiger charge is 2.08. The van der Waals surface area contributed by atoms with Crippen LogP contribution in [0.4, 0.5) is 5.69 Å². The Morgan fingerprint density at radius 1 is 1.05 bits per heavy atom. The Morgan fingerprint density at radius 2 is 1.65 bits per heavy atom. The van der Waals surface area contributed by atoms with E-state index in [1.165, 1.54) is 12.1 Å². The predicted molar refractivity (Wildman–Crippen MR) is 77.7 cm³/mol. The average molecular weight is 292 g/mol. The molecule has 0 fully saturated rings. The average Bonchev–Trinajstić information content (AvgIpc) is 2.45. The lowest BCUT2D eigenvalue weighted by Gasteiger charge is -2.13. The van der Waals surface area contributed by atoms with Crippen LogP contribution in [0.2, 0.25) is 0 Å². The van der Waals surface area contributed by atoms with E-state index >= 15 is 0 Å². The molecule has 0 radical (unpaired) electrons. The summed E-state index contributed by atoms with van der Waals surface area (Å²) in [5.41, 5.74) is 1.54. The molecule has 6 heteroatoms. The summed E-state index contributed by atoms with van der Waals surface area (Å²) in [5, 5.41) is 18.0. The van der Waals surface area contributed by atoms with Crippen molar-refractivity contribution in [3.8, 4) is 0 Å². The first-order valence-corrected chi connectivity index (χ1v) is 7.61. The van der Waals surface area contributed by atoms with Gasteiger partial charge in [0.2, 0.25) is 10.0 Å². The number of hydrogen-bond acceptors (Lipinski definition) is 4. The third-order valence-corrected chi connectivity index (χ3v) is 3.80. The second-order valence-electron chi connectivity index (χ2n) is 4.38. The normalized spacial score (nSPS) is 12.9. The van der Waals surface area contributed by atoms with Crippen LogP contribution in [-0.4, -0.2) is 20.1 Å². The zero-order chi connectivity index (χ0) is 14.6. The summed E-state index contributed by atoms with van der Waals surface area (Å²) in [7, 11) is -3.67. The summed E-state index contributed by atoms with van der Waals surface area (Å²) >= 11 is 0. The van der Waals surface area contributed by atoms with E-state index in [9.17, 15) is 13.5 Å². The van der Waals surface area contributed by atoms with Gasteiger partial charge in [0.25, 0.3) is 0 Å². The van der Waals surface area contributed by atoms with Gasteiger partial charge in [0.05, 0.1) is 11.0 Å². The molecule has 5 nitrogen and oxygen atoms in total. The monoisotopic (exact) mass is 292 g/mol. The molecule has 0 amide bonds. The van der Waals surface area contributed by atoms with E-state index < -0.39 is 16.1 Å². The topological polar surface area (TPSA) is 92.4 Å². The van der Waals surface area contributed by atoms with E-state index in [1.54, 1.807) is 12.1 Å². The van der Waals surface area contributed by atoms with Gasteiger partial charge in [-0.05, 0) is 29.8 Å². The van der Waals surface area contributed by atoms with E-state index in [-0.39, 0.29) is 4.90 Å². The van der Waals surface area contributed by atoms with Gasteiger partial charge in [-0.3, -0.25) is 0 Å². The zero-order valence-electron chi connectivity index (χ0n) is 10.7. The summed E-state index contributed by atoms with van der Waals surface area (Å²) < 4.78 is 22.2. The molecule has 0 heterocycles. The lowest BCUT2D eigenvalue weighted by molar-refractivity contribution is 0.191. The van der Waals surface area contributed by atoms with Gasteiger partial charge in [0, 0.05) is 12.2 Å². The van der Waals surface area contributed by atoms with Gasteiger partial charge in [0.1, 0.15) is 0 Å². The number of aliphatic hydroxyl groups excluding tert-OH is 1. The van der Waals surface area contributed by atoms with E-state index in [0.717, 1.165) is 5.56 Å². The van der Waals surface area contributed by atoms with Crippen molar-refractivity contribution in [2.75, 3.05) is 11.9 Å². The number of rotatable bonds is 5. The second-order valence-corrected chi connectivity index (χ2v) is 5.94. The number of anilines is 1. The largest absolute Gasteiger partial charge is 0.387 e. The fourth-order valence-corrected chi connectivity index (χ4v) is 2.29. The summed E-state index contributed by atoms with van der Waals surface area (Å²) in [6, 6.07) is 15.4. The molecule has 106 valence electrons. The third-order valence-electron chi connectivity index (χ3n) is 2.87. The van der Waals surface area contributed by atoms with Gasteiger partial charge in [-0.15, -0.1) is 0 Å². The van der Waals surface area contributed by atoms with Crippen LogP contribution in [0.3, 0.4) is 0 Å². The van der Waals surface area contributed by atoms with Gasteiger partial charge in [-0.25, -0.2) is 13.6 Å². The molecule has 20 heavy (non-hydrogen) atoms. The van der Waals surface area contributed by atoms with Crippen molar-refractivity contribution >= 4 is 15.7 Å². The maximum atomic E-state index is 11.1. The molecule has 0 bridgehead atoms. The van der Waals surface area contributed by atoms with Crippen molar-refractivity contribution in [3.05, 3.63) is 60.2 Å². The van der Waals surface area contributed by atoms with Gasteiger partial charge in [-0.1, -0.05) is 30.3 Å². The van der Waals surface area contributed by atoms with Crippen molar-refractivity contribution in [2.24, 2.45) is 5.14 Å². The Kier molecular flexibility index (Phi) is 4.39. The quantitative estimate of drug-likeness (QED) is 0.778. The van der Waals surface area contributed by atoms with Crippen LogP contribution in [0.15, 0.2) is 59.5 Å². The molecule has 0 aliphatic rings. The molecule has 2 aromatic rings. The molecule has 0 aliphatic heterocycles. The van der Waals surface area contributed by atoms with E-state index in [0.29, 0.717) is 12.2 Å². The van der Waals surface area contributed by atoms with Gasteiger partial charge < -0.3 is 10.4 Å². The van der Waals surface area contributed by atoms with Crippen LogP contribution in [-0.2, 0) is 10.0 Å². The number of nitrogens with two attached hydrogens (primary N) is 1. The van der Waals surface area contributed by atoms with Crippen molar-refractivity contribution in [1.82, 2.24) is 0 Å². The minimum absolute atomic E-state index is 0.0617.